The Balaban J connectivity index is 0.000000421. The van der Waals surface area contributed by atoms with Crippen LogP contribution in [0.1, 0.15) is 127 Å². The summed E-state index contributed by atoms with van der Waals surface area (Å²) in [4.78, 5) is 28.7. The molecule has 2 amide bonds. The number of amides is 2. The summed E-state index contributed by atoms with van der Waals surface area (Å²) in [5.74, 6) is 17.7. The maximum Gasteiger partial charge on any atom is 0.523 e. The van der Waals surface area contributed by atoms with Gasteiger partial charge in [0.1, 0.15) is 18.4 Å². The number of ether oxygens (including phenoxy) is 10. The zero-order chi connectivity index (χ0) is 74.6. The van der Waals surface area contributed by atoms with Crippen molar-refractivity contribution in [2.75, 3.05) is 112 Å². The van der Waals surface area contributed by atoms with Crippen LogP contribution in [0.5, 0.6) is 51.7 Å². The lowest BCUT2D eigenvalue weighted by atomic mass is 9.49. The highest BCUT2D eigenvalue weighted by atomic mass is 32.2. The Kier molecular flexibility index (Phi) is 35.1. The molecule has 35 heteroatoms. The summed E-state index contributed by atoms with van der Waals surface area (Å²) in [7, 11) is 10.1. The van der Waals surface area contributed by atoms with Gasteiger partial charge < -0.3 is 66.7 Å². The average Bonchev–Trinajstić information content (AvgIpc) is 1.70. The molecular formula is C66H102BF6N8O18S2. The van der Waals surface area contributed by atoms with E-state index in [1.807, 2.05) is 18.2 Å². The number of hydrogen-bond acceptors (Lipinski definition) is 22. The predicted molar refractivity (Wildman–Crippen MR) is 366 cm³/mol. The van der Waals surface area contributed by atoms with Crippen LogP contribution in [0.4, 0.5) is 26.3 Å². The van der Waals surface area contributed by atoms with E-state index in [0.29, 0.717) is 70.3 Å². The Morgan fingerprint density at radius 1 is 0.594 bits per heavy atom. The van der Waals surface area contributed by atoms with Crippen molar-refractivity contribution >= 4 is 46.4 Å². The first-order valence-electron chi connectivity index (χ1n) is 31.8. The molecule has 8 aliphatic carbocycles. The second kappa shape index (κ2) is 39.4. The summed E-state index contributed by atoms with van der Waals surface area (Å²) in [6.07, 6.45) is 15.5. The van der Waals surface area contributed by atoms with E-state index in [9.17, 15) is 44.3 Å². The predicted octanol–water partition coefficient (Wildman–Crippen LogP) is 8.19. The van der Waals surface area contributed by atoms with Gasteiger partial charge in [-0.2, -0.15) is 34.8 Å². The van der Waals surface area contributed by atoms with Crippen LogP contribution in [0, 0.1) is 40.9 Å². The second-order valence-electron chi connectivity index (χ2n) is 24.4. The summed E-state index contributed by atoms with van der Waals surface area (Å²) in [6.45, 7) is 10.1. The molecule has 8 fully saturated rings. The van der Waals surface area contributed by atoms with Crippen molar-refractivity contribution < 1.29 is 114 Å². The highest BCUT2D eigenvalue weighted by Crippen LogP contribution is 2.62. The van der Waals surface area contributed by atoms with Gasteiger partial charge in [0.25, 0.3) is 5.91 Å². The molecule has 4 aromatic rings. The minimum absolute atomic E-state index is 0. The minimum Gasteiger partial charge on any atom is -0.741 e. The van der Waals surface area contributed by atoms with Crippen molar-refractivity contribution in [1.29, 1.82) is 0 Å². The van der Waals surface area contributed by atoms with Gasteiger partial charge in [0.2, 0.25) is 23.2 Å². The number of hydrazine groups is 1. The molecule has 0 aliphatic heterocycles. The molecule has 0 spiro atoms. The number of methoxy groups -OCH3 is 10. The summed E-state index contributed by atoms with van der Waals surface area (Å²) in [5, 5.41) is 11.9. The molecule has 26 nitrogen and oxygen atoms in total. The van der Waals surface area contributed by atoms with E-state index in [2.05, 4.69) is 62.3 Å². The van der Waals surface area contributed by atoms with Gasteiger partial charge in [0.05, 0.1) is 94.7 Å². The minimum atomic E-state index is -6.09. The quantitative estimate of drug-likeness (QED) is 0.00696. The van der Waals surface area contributed by atoms with Crippen LogP contribution in [0.2, 0.25) is 0 Å². The molecule has 0 atom stereocenters. The number of aromatic nitrogens is 3. The monoisotopic (exact) mass is 1480 g/mol. The fraction of sp³-hybridized carbons (Fsp3) is 0.652. The maximum absolute atomic E-state index is 11.8. The number of nitrogens with zero attached hydrogens (tertiary/aromatic N) is 4. The first-order valence-corrected chi connectivity index (χ1v) is 34.7. The molecule has 5 N–H and O–H groups in total. The first-order chi connectivity index (χ1) is 46.6. The maximum atomic E-state index is 11.8. The van der Waals surface area contributed by atoms with Crippen molar-refractivity contribution in [3.05, 3.63) is 53.3 Å². The lowest BCUT2D eigenvalue weighted by Gasteiger charge is -2.56. The third-order valence-electron chi connectivity index (χ3n) is 18.7. The third-order valence-corrected chi connectivity index (χ3v) is 20.2. The van der Waals surface area contributed by atoms with Crippen LogP contribution >= 0.6 is 0 Å². The number of carbonyl (C=O) groups excluding carboxylic acids is 2. The van der Waals surface area contributed by atoms with Crippen LogP contribution in [0.25, 0.3) is 11.4 Å². The molecule has 571 valence electrons. The molecule has 8 saturated carbocycles. The summed E-state index contributed by atoms with van der Waals surface area (Å²) in [6, 6.07) is 10.8. The topological polar surface area (TPSA) is 325 Å². The smallest absolute Gasteiger partial charge is 0.523 e. The van der Waals surface area contributed by atoms with Crippen molar-refractivity contribution in [2.45, 2.75) is 122 Å². The number of halogens is 6. The summed E-state index contributed by atoms with van der Waals surface area (Å²) in [5.41, 5.74) is -6.37. The molecular weight excluding hydrogens is 1380 g/mol. The van der Waals surface area contributed by atoms with Crippen LogP contribution in [-0.2, 0) is 46.4 Å². The lowest BCUT2D eigenvalue weighted by Crippen LogP contribution is -2.68. The number of hydrogen-bond donors (Lipinski definition) is 4. The molecule has 8 bridgehead atoms. The molecule has 1 heterocycles. The number of rotatable bonds is 18. The molecule has 3 radical (unpaired) electrons. The van der Waals surface area contributed by atoms with E-state index in [-0.39, 0.29) is 38.5 Å². The van der Waals surface area contributed by atoms with Crippen LogP contribution in [0.15, 0.2) is 36.4 Å². The molecule has 0 saturated heterocycles. The zero-order valence-electron chi connectivity index (χ0n) is 59.9. The van der Waals surface area contributed by atoms with Gasteiger partial charge in [-0.15, -0.1) is 10.2 Å². The van der Waals surface area contributed by atoms with E-state index in [0.717, 1.165) is 77.5 Å². The molecule has 1 aromatic heterocycles. The standard InChI is InChI=1S/C22H29N3O3.C12H17NO4.C11H18N2O.C11H15NO4.C6H15N.C2H3F3O3S.CHF3O3S.CH4.B/c1-25-20(16-5-6-17(26-2)19(28-4)18(16)27-3)23-24-21(25)22-10-13-7-14(11-22)9-15(8-13)12-22;1-13-12(17-5)8-6-7-9(14-2)11(16-4)10(8)15-3;12-13-10(14)11-4-7-1-8(5-11)3-9(2-7)6-11;1-12-11(13)7-5-6-8(14-2)10(16-4)9(7)15-3;1-4-7(5-2)6-3;1-8-9(6,7)2(3,4)5;2-1(3,4)8(5,6)7;;/h5-6,13-15H,7-12H2,1-4H3;6-7H,1-5H3;7-9H,1-6,12H2,(H,13,14);5-6H,1-4H3,(H,12,13);4-6H2,1-3H3;1H3;(H,5,6,7);1H4;. The van der Waals surface area contributed by atoms with E-state index in [4.69, 9.17) is 71.3 Å². The first kappa shape index (κ1) is 89.9. The number of nitrogens with one attached hydrogen (secondary N) is 3. The number of nitrogens with two attached hydrogens (primary N) is 1. The molecule has 8 aliphatic rings. The van der Waals surface area contributed by atoms with E-state index in [1.54, 1.807) is 82.1 Å². The molecule has 12 rings (SSSR count). The largest absolute Gasteiger partial charge is 0.741 e. The molecule has 101 heavy (non-hydrogen) atoms. The molecule has 0 unspecified atom stereocenters. The number of benzene rings is 3. The van der Waals surface area contributed by atoms with Crippen molar-refractivity contribution in [3.8, 4) is 63.1 Å². The van der Waals surface area contributed by atoms with Gasteiger partial charge in [-0.05, 0) is 169 Å². The van der Waals surface area contributed by atoms with Crippen molar-refractivity contribution in [2.24, 2.45) is 53.8 Å². The van der Waals surface area contributed by atoms with E-state index in [1.165, 1.54) is 98.8 Å². The Hall–Kier alpha value is -7.21. The Bertz CT molecular complexity index is 3490. The van der Waals surface area contributed by atoms with E-state index >= 15 is 0 Å². The Morgan fingerprint density at radius 2 is 0.950 bits per heavy atom. The number of alkyl halides is 6. The Labute approximate surface area is 592 Å². The van der Waals surface area contributed by atoms with Gasteiger partial charge in [0.15, 0.2) is 50.4 Å². The highest BCUT2D eigenvalue weighted by molar-refractivity contribution is 7.87. The fourth-order valence-corrected chi connectivity index (χ4v) is 15.2. The normalized spacial score (nSPS) is 21.7. The van der Waals surface area contributed by atoms with Crippen LogP contribution in [0.3, 0.4) is 0 Å². The number of carbonyl (C=O) groups is 2. The SMILES string of the molecule is C.CCN(CC)CC.CNC(=O)c1ccc(OC)c(OC)c1OC.COS(=O)(=O)C(F)(F)F.COc1ccc(-c2nnc(C34CC5CC(CC(C5)C3)C4)n2C)c(OC)c1OC.C[NH+]=C(OC)c1ccc(OC)c(OC)c1OC.NNC(=O)C12CC3CC(CC(C3)C1)C2.O=S(=O)([O-])C(F)(F)F.[B]. The van der Waals surface area contributed by atoms with E-state index < -0.39 is 31.3 Å². The lowest BCUT2D eigenvalue weighted by molar-refractivity contribution is -0.430. The van der Waals surface area contributed by atoms with Crippen LogP contribution in [-0.4, -0.2) is 190 Å². The zero-order valence-corrected chi connectivity index (χ0v) is 61.5. The van der Waals surface area contributed by atoms with Crippen molar-refractivity contribution in [3.63, 3.8) is 0 Å². The summed E-state index contributed by atoms with van der Waals surface area (Å²) < 4.78 is 170. The van der Waals surface area contributed by atoms with Gasteiger partial charge in [0, 0.05) is 27.9 Å². The van der Waals surface area contributed by atoms with Gasteiger partial charge in [-0.3, -0.25) is 19.2 Å². The van der Waals surface area contributed by atoms with Gasteiger partial charge in [-0.1, -0.05) is 28.2 Å². The average molecular weight is 1480 g/mol. The second-order valence-corrected chi connectivity index (χ2v) is 27.4. The Morgan fingerprint density at radius 3 is 1.24 bits per heavy atom. The van der Waals surface area contributed by atoms with Crippen LogP contribution < -0.4 is 64.2 Å². The third kappa shape index (κ3) is 21.7. The highest BCUT2D eigenvalue weighted by Gasteiger charge is 2.56. The fourth-order valence-electron chi connectivity index (χ4n) is 15.0. The molecule has 3 aromatic carbocycles. The van der Waals surface area contributed by atoms with Crippen molar-refractivity contribution in [1.82, 2.24) is 30.4 Å². The summed E-state index contributed by atoms with van der Waals surface area (Å²) >= 11 is 0. The van der Waals surface area contributed by atoms with Gasteiger partial charge in [-0.25, -0.2) is 19.3 Å². The van der Waals surface area contributed by atoms with Gasteiger partial charge >= 0.3 is 27.0 Å².